The van der Waals surface area contributed by atoms with E-state index < -0.39 is 11.9 Å². The summed E-state index contributed by atoms with van der Waals surface area (Å²) in [6.07, 6.45) is -1.17. The first-order chi connectivity index (χ1) is 11.8. The van der Waals surface area contributed by atoms with Crippen LogP contribution in [0.3, 0.4) is 0 Å². The Morgan fingerprint density at radius 1 is 1.28 bits per heavy atom. The zero-order valence-corrected chi connectivity index (χ0v) is 13.8. The van der Waals surface area contributed by atoms with Crippen LogP contribution in [0.25, 0.3) is 10.9 Å². The summed E-state index contributed by atoms with van der Waals surface area (Å²) in [6.45, 7) is 3.65. The fraction of sp³-hybridized carbons (Fsp3) is 0.471. The maximum absolute atomic E-state index is 12.8. The van der Waals surface area contributed by atoms with Gasteiger partial charge in [-0.1, -0.05) is 0 Å². The highest BCUT2D eigenvalue weighted by Crippen LogP contribution is 2.32. The SMILES string of the molecule is CC(=O)NCC1CCN(c2nccc3nc(C(F)(F)F)ccc23)CC1. The van der Waals surface area contributed by atoms with Crippen LogP contribution < -0.4 is 10.2 Å². The van der Waals surface area contributed by atoms with Gasteiger partial charge in [0.25, 0.3) is 0 Å². The van der Waals surface area contributed by atoms with Crippen LogP contribution in [-0.2, 0) is 11.0 Å². The molecule has 0 aromatic carbocycles. The minimum atomic E-state index is -4.46. The molecule has 25 heavy (non-hydrogen) atoms. The first kappa shape index (κ1) is 17.4. The molecule has 3 heterocycles. The fourth-order valence-corrected chi connectivity index (χ4v) is 3.09. The molecule has 2 aromatic heterocycles. The second-order valence-corrected chi connectivity index (χ2v) is 6.26. The Morgan fingerprint density at radius 2 is 2.00 bits per heavy atom. The molecule has 0 aliphatic carbocycles. The van der Waals surface area contributed by atoms with Gasteiger partial charge in [-0.3, -0.25) is 4.79 Å². The van der Waals surface area contributed by atoms with Gasteiger partial charge in [0.05, 0.1) is 5.52 Å². The third-order valence-electron chi connectivity index (χ3n) is 4.44. The first-order valence-corrected chi connectivity index (χ1v) is 8.17. The van der Waals surface area contributed by atoms with Gasteiger partial charge < -0.3 is 10.2 Å². The average Bonchev–Trinajstić information content (AvgIpc) is 2.58. The molecular weight excluding hydrogens is 333 g/mol. The molecule has 8 heteroatoms. The number of carbonyl (C=O) groups excluding carboxylic acids is 1. The summed E-state index contributed by atoms with van der Waals surface area (Å²) in [5.41, 5.74) is -0.605. The predicted octanol–water partition coefficient (Wildman–Crippen LogP) is 3.00. The van der Waals surface area contributed by atoms with Crippen LogP contribution in [0.4, 0.5) is 19.0 Å². The smallest absolute Gasteiger partial charge is 0.356 e. The number of hydrogen-bond donors (Lipinski definition) is 1. The topological polar surface area (TPSA) is 58.1 Å². The fourth-order valence-electron chi connectivity index (χ4n) is 3.09. The van der Waals surface area contributed by atoms with Crippen molar-refractivity contribution in [2.75, 3.05) is 24.5 Å². The number of amides is 1. The second-order valence-electron chi connectivity index (χ2n) is 6.26. The number of nitrogens with zero attached hydrogens (tertiary/aromatic N) is 3. The van der Waals surface area contributed by atoms with Crippen molar-refractivity contribution in [1.82, 2.24) is 15.3 Å². The Labute approximate surface area is 143 Å². The second kappa shape index (κ2) is 6.85. The van der Waals surface area contributed by atoms with E-state index in [9.17, 15) is 18.0 Å². The number of nitrogens with one attached hydrogen (secondary N) is 1. The quantitative estimate of drug-likeness (QED) is 0.923. The number of hydrogen-bond acceptors (Lipinski definition) is 4. The van der Waals surface area contributed by atoms with Gasteiger partial charge in [-0.2, -0.15) is 13.2 Å². The average molecular weight is 352 g/mol. The van der Waals surface area contributed by atoms with Crippen LogP contribution in [-0.4, -0.2) is 35.5 Å². The Hall–Kier alpha value is -2.38. The molecule has 2 aromatic rings. The largest absolute Gasteiger partial charge is 0.433 e. The van der Waals surface area contributed by atoms with Gasteiger partial charge in [0.2, 0.25) is 5.91 Å². The number of piperidine rings is 1. The number of anilines is 1. The van der Waals surface area contributed by atoms with Crippen molar-refractivity contribution in [1.29, 1.82) is 0 Å². The minimum absolute atomic E-state index is 0.0373. The van der Waals surface area contributed by atoms with Crippen molar-refractivity contribution in [3.63, 3.8) is 0 Å². The van der Waals surface area contributed by atoms with Gasteiger partial charge in [0.1, 0.15) is 11.5 Å². The van der Waals surface area contributed by atoms with Crippen LogP contribution in [0.15, 0.2) is 24.4 Å². The van der Waals surface area contributed by atoms with Crippen LogP contribution >= 0.6 is 0 Å². The van der Waals surface area contributed by atoms with E-state index in [0.717, 1.165) is 32.0 Å². The van der Waals surface area contributed by atoms with Crippen molar-refractivity contribution in [2.24, 2.45) is 5.92 Å². The number of rotatable bonds is 3. The molecule has 1 N–H and O–H groups in total. The maximum atomic E-state index is 12.8. The summed E-state index contributed by atoms with van der Waals surface area (Å²) in [4.78, 5) is 21.2. The molecule has 1 amide bonds. The molecule has 1 aliphatic heterocycles. The molecule has 3 rings (SSSR count). The van der Waals surface area contributed by atoms with Gasteiger partial charge in [-0.25, -0.2) is 9.97 Å². The molecule has 0 saturated carbocycles. The van der Waals surface area contributed by atoms with Gasteiger partial charge >= 0.3 is 6.18 Å². The molecule has 0 unspecified atom stereocenters. The number of carbonyl (C=O) groups is 1. The molecule has 0 bridgehead atoms. The van der Waals surface area contributed by atoms with Crippen LogP contribution in [0, 0.1) is 5.92 Å². The molecule has 0 spiro atoms. The molecule has 1 fully saturated rings. The van der Waals surface area contributed by atoms with Crippen LogP contribution in [0.2, 0.25) is 0 Å². The molecule has 1 saturated heterocycles. The minimum Gasteiger partial charge on any atom is -0.356 e. The molecular formula is C17H19F3N4O. The molecule has 0 atom stereocenters. The van der Waals surface area contributed by atoms with Crippen molar-refractivity contribution >= 4 is 22.6 Å². The summed E-state index contributed by atoms with van der Waals surface area (Å²) in [7, 11) is 0. The number of aromatic nitrogens is 2. The number of halogens is 3. The molecule has 0 radical (unpaired) electrons. The highest BCUT2D eigenvalue weighted by atomic mass is 19.4. The summed E-state index contributed by atoms with van der Waals surface area (Å²) >= 11 is 0. The lowest BCUT2D eigenvalue weighted by Gasteiger charge is -2.33. The summed E-state index contributed by atoms with van der Waals surface area (Å²) < 4.78 is 38.5. The lowest BCUT2D eigenvalue weighted by atomic mass is 9.96. The van der Waals surface area contributed by atoms with E-state index in [0.29, 0.717) is 29.2 Å². The number of pyridine rings is 2. The van der Waals surface area contributed by atoms with Gasteiger partial charge in [0.15, 0.2) is 0 Å². The van der Waals surface area contributed by atoms with Gasteiger partial charge in [-0.15, -0.1) is 0 Å². The van der Waals surface area contributed by atoms with E-state index in [1.807, 2.05) is 0 Å². The van der Waals surface area contributed by atoms with Gasteiger partial charge in [0, 0.05) is 38.1 Å². The Bertz CT molecular complexity index is 770. The summed E-state index contributed by atoms with van der Waals surface area (Å²) in [5.74, 6) is 1.03. The third kappa shape index (κ3) is 4.00. The van der Waals surface area contributed by atoms with E-state index >= 15 is 0 Å². The van der Waals surface area contributed by atoms with Gasteiger partial charge in [-0.05, 0) is 37.0 Å². The standard InChI is InChI=1S/C17H19F3N4O/c1-11(25)22-10-12-5-8-24(9-6-12)16-13-2-3-15(17(18,19)20)23-14(13)4-7-21-16/h2-4,7,12H,5-6,8-10H2,1H3,(H,22,25). The lowest BCUT2D eigenvalue weighted by molar-refractivity contribution is -0.141. The van der Waals surface area contributed by atoms with Crippen molar-refractivity contribution in [3.8, 4) is 0 Å². The van der Waals surface area contributed by atoms with E-state index in [2.05, 4.69) is 20.2 Å². The Morgan fingerprint density at radius 3 is 2.64 bits per heavy atom. The summed E-state index contributed by atoms with van der Waals surface area (Å²) in [6, 6.07) is 3.94. The predicted molar refractivity (Wildman–Crippen MR) is 88.2 cm³/mol. The van der Waals surface area contributed by atoms with Crippen molar-refractivity contribution < 1.29 is 18.0 Å². The first-order valence-electron chi connectivity index (χ1n) is 8.17. The van der Waals surface area contributed by atoms with Crippen LogP contribution in [0.5, 0.6) is 0 Å². The van der Waals surface area contributed by atoms with E-state index in [1.54, 1.807) is 0 Å². The number of alkyl halides is 3. The van der Waals surface area contributed by atoms with Crippen molar-refractivity contribution in [2.45, 2.75) is 25.9 Å². The van der Waals surface area contributed by atoms with Crippen LogP contribution in [0.1, 0.15) is 25.5 Å². The molecule has 1 aliphatic rings. The highest BCUT2D eigenvalue weighted by molar-refractivity contribution is 5.89. The van der Waals surface area contributed by atoms with Crippen molar-refractivity contribution in [3.05, 3.63) is 30.1 Å². The molecule has 134 valence electrons. The normalized spacial score (nSPS) is 16.2. The number of fused-ring (bicyclic) bond motifs is 1. The summed E-state index contributed by atoms with van der Waals surface area (Å²) in [5, 5.41) is 3.45. The zero-order chi connectivity index (χ0) is 18.0. The lowest BCUT2D eigenvalue weighted by Crippen LogP contribution is -2.38. The van der Waals surface area contributed by atoms with E-state index in [-0.39, 0.29) is 5.91 Å². The Balaban J connectivity index is 1.77. The molecule has 5 nitrogen and oxygen atoms in total. The van der Waals surface area contributed by atoms with E-state index in [4.69, 9.17) is 0 Å². The monoisotopic (exact) mass is 352 g/mol. The third-order valence-corrected chi connectivity index (χ3v) is 4.44. The zero-order valence-electron chi connectivity index (χ0n) is 13.8. The Kier molecular flexibility index (Phi) is 4.78. The van der Waals surface area contributed by atoms with E-state index in [1.165, 1.54) is 25.3 Å². The highest BCUT2D eigenvalue weighted by Gasteiger charge is 2.32. The maximum Gasteiger partial charge on any atom is 0.433 e.